The lowest BCUT2D eigenvalue weighted by Gasteiger charge is -2.29. The number of carbonyl (C=O) groups excluding carboxylic acids is 1. The highest BCUT2D eigenvalue weighted by atomic mass is 32.2. The Morgan fingerprint density at radius 2 is 2.00 bits per heavy atom. The maximum atomic E-state index is 12.6. The van der Waals surface area contributed by atoms with Crippen molar-refractivity contribution in [3.05, 3.63) is 29.3 Å². The van der Waals surface area contributed by atoms with E-state index in [1.165, 1.54) is 10.6 Å². The zero-order valence-electron chi connectivity index (χ0n) is 12.8. The maximum Gasteiger partial charge on any atom is 0.232 e. The third-order valence-corrected chi connectivity index (χ3v) is 5.73. The predicted molar refractivity (Wildman–Crippen MR) is 86.9 cm³/mol. The number of anilines is 1. The van der Waals surface area contributed by atoms with E-state index in [0.717, 1.165) is 55.6 Å². The van der Waals surface area contributed by atoms with Gasteiger partial charge >= 0.3 is 0 Å². The highest BCUT2D eigenvalue weighted by molar-refractivity contribution is 7.92. The Labute approximate surface area is 131 Å². The van der Waals surface area contributed by atoms with E-state index in [0.29, 0.717) is 6.54 Å². The van der Waals surface area contributed by atoms with Crippen LogP contribution in [0, 0.1) is 5.92 Å². The van der Waals surface area contributed by atoms with Gasteiger partial charge in [-0.25, -0.2) is 8.42 Å². The number of fused-ring (bicyclic) bond motifs is 1. The highest BCUT2D eigenvalue weighted by Gasteiger charge is 2.27. The SMILES string of the molecule is CS(=O)(=O)N1CCCc2cc(C(=O)C3CCNCC3)ccc21. The molecule has 1 aromatic rings. The van der Waals surface area contributed by atoms with Crippen molar-refractivity contribution >= 4 is 21.5 Å². The summed E-state index contributed by atoms with van der Waals surface area (Å²) in [7, 11) is -3.25. The van der Waals surface area contributed by atoms with Crippen LogP contribution in [-0.2, 0) is 16.4 Å². The second kappa shape index (κ2) is 6.01. The number of aryl methyl sites for hydroxylation is 1. The fourth-order valence-electron chi connectivity index (χ4n) is 3.38. The molecule has 0 bridgehead atoms. The fraction of sp³-hybridized carbons (Fsp3) is 0.562. The number of sulfonamides is 1. The normalized spacial score (nSPS) is 19.8. The van der Waals surface area contributed by atoms with Crippen LogP contribution >= 0.6 is 0 Å². The number of nitrogens with zero attached hydrogens (tertiary/aromatic N) is 1. The van der Waals surface area contributed by atoms with Crippen molar-refractivity contribution in [3.63, 3.8) is 0 Å². The largest absolute Gasteiger partial charge is 0.317 e. The van der Waals surface area contributed by atoms with Gasteiger partial charge in [-0.2, -0.15) is 0 Å². The van der Waals surface area contributed by atoms with Crippen molar-refractivity contribution in [2.75, 3.05) is 30.2 Å². The van der Waals surface area contributed by atoms with Crippen LogP contribution in [0.2, 0.25) is 0 Å². The summed E-state index contributed by atoms with van der Waals surface area (Å²) in [6.07, 6.45) is 4.62. The number of nitrogens with one attached hydrogen (secondary N) is 1. The van der Waals surface area contributed by atoms with E-state index in [2.05, 4.69) is 5.32 Å². The lowest BCUT2D eigenvalue weighted by atomic mass is 9.88. The molecule has 0 saturated carbocycles. The summed E-state index contributed by atoms with van der Waals surface area (Å²) in [5, 5.41) is 3.27. The van der Waals surface area contributed by atoms with Gasteiger partial charge in [0, 0.05) is 18.0 Å². The molecule has 2 aliphatic rings. The third kappa shape index (κ3) is 3.03. The summed E-state index contributed by atoms with van der Waals surface area (Å²) in [6.45, 7) is 2.31. The van der Waals surface area contributed by atoms with Crippen molar-refractivity contribution in [2.45, 2.75) is 25.7 Å². The van der Waals surface area contributed by atoms with Crippen molar-refractivity contribution in [1.82, 2.24) is 5.32 Å². The molecule has 0 spiro atoms. The summed E-state index contributed by atoms with van der Waals surface area (Å²) in [5.74, 6) is 0.287. The molecule has 0 atom stereocenters. The van der Waals surface area contributed by atoms with Crippen LogP contribution in [0.3, 0.4) is 0 Å². The fourth-order valence-corrected chi connectivity index (χ4v) is 4.38. The van der Waals surface area contributed by atoms with E-state index < -0.39 is 10.0 Å². The average molecular weight is 322 g/mol. The first-order valence-corrected chi connectivity index (χ1v) is 9.67. The van der Waals surface area contributed by atoms with Gasteiger partial charge in [0.2, 0.25) is 10.0 Å². The van der Waals surface area contributed by atoms with Gasteiger partial charge in [0.15, 0.2) is 5.78 Å². The molecular formula is C16H22N2O3S. The van der Waals surface area contributed by atoms with Gasteiger partial charge < -0.3 is 5.32 Å². The van der Waals surface area contributed by atoms with Gasteiger partial charge in [-0.3, -0.25) is 9.10 Å². The van der Waals surface area contributed by atoms with Crippen LogP contribution < -0.4 is 9.62 Å². The van der Waals surface area contributed by atoms with E-state index in [4.69, 9.17) is 0 Å². The molecule has 0 radical (unpaired) electrons. The monoisotopic (exact) mass is 322 g/mol. The molecule has 1 N–H and O–H groups in total. The first kappa shape index (κ1) is 15.5. The molecule has 0 unspecified atom stereocenters. The van der Waals surface area contributed by atoms with E-state index in [9.17, 15) is 13.2 Å². The van der Waals surface area contributed by atoms with Gasteiger partial charge in [0.05, 0.1) is 11.9 Å². The van der Waals surface area contributed by atoms with E-state index in [-0.39, 0.29) is 11.7 Å². The Morgan fingerprint density at radius 3 is 2.68 bits per heavy atom. The molecule has 1 aromatic carbocycles. The first-order valence-electron chi connectivity index (χ1n) is 7.82. The zero-order valence-corrected chi connectivity index (χ0v) is 13.7. The Bertz CT molecular complexity index is 679. The molecule has 120 valence electrons. The van der Waals surface area contributed by atoms with E-state index >= 15 is 0 Å². The molecule has 0 aliphatic carbocycles. The lowest BCUT2D eigenvalue weighted by Crippen LogP contribution is -2.35. The van der Waals surface area contributed by atoms with E-state index in [1.54, 1.807) is 12.1 Å². The molecule has 2 heterocycles. The average Bonchev–Trinajstić information content (AvgIpc) is 2.53. The number of carbonyl (C=O) groups is 1. The van der Waals surface area contributed by atoms with Gasteiger partial charge in [0.1, 0.15) is 0 Å². The molecule has 1 fully saturated rings. The molecule has 0 aromatic heterocycles. The number of piperidine rings is 1. The number of rotatable bonds is 3. The van der Waals surface area contributed by atoms with Crippen LogP contribution in [0.1, 0.15) is 35.2 Å². The topological polar surface area (TPSA) is 66.5 Å². The Kier molecular flexibility index (Phi) is 4.23. The Morgan fingerprint density at radius 1 is 1.27 bits per heavy atom. The molecule has 5 nitrogen and oxygen atoms in total. The van der Waals surface area contributed by atoms with Crippen molar-refractivity contribution < 1.29 is 13.2 Å². The van der Waals surface area contributed by atoms with Crippen molar-refractivity contribution in [2.24, 2.45) is 5.92 Å². The second-order valence-corrected chi connectivity index (χ2v) is 8.08. The zero-order chi connectivity index (χ0) is 15.7. The molecule has 1 saturated heterocycles. The van der Waals surface area contributed by atoms with Crippen LogP contribution in [0.25, 0.3) is 0 Å². The predicted octanol–water partition coefficient (Wildman–Crippen LogP) is 1.58. The lowest BCUT2D eigenvalue weighted by molar-refractivity contribution is 0.0895. The summed E-state index contributed by atoms with van der Waals surface area (Å²) in [4.78, 5) is 12.6. The summed E-state index contributed by atoms with van der Waals surface area (Å²) in [5.41, 5.74) is 2.42. The first-order chi connectivity index (χ1) is 10.5. The third-order valence-electron chi connectivity index (χ3n) is 4.55. The minimum Gasteiger partial charge on any atom is -0.317 e. The molecular weight excluding hydrogens is 300 g/mol. The van der Waals surface area contributed by atoms with Crippen LogP contribution in [0.15, 0.2) is 18.2 Å². The van der Waals surface area contributed by atoms with Gasteiger partial charge in [-0.15, -0.1) is 0 Å². The standard InChI is InChI=1S/C16H22N2O3S/c1-22(20,21)18-10-2-3-13-11-14(4-5-15(13)18)16(19)12-6-8-17-9-7-12/h4-5,11-12,17H,2-3,6-10H2,1H3. The van der Waals surface area contributed by atoms with Crippen molar-refractivity contribution in [3.8, 4) is 0 Å². The number of hydrogen-bond acceptors (Lipinski definition) is 4. The minimum absolute atomic E-state index is 0.0916. The van der Waals surface area contributed by atoms with Gasteiger partial charge in [0.25, 0.3) is 0 Å². The quantitative estimate of drug-likeness (QED) is 0.858. The second-order valence-electron chi connectivity index (χ2n) is 6.17. The number of ketones is 1. The summed E-state index contributed by atoms with van der Waals surface area (Å²) in [6, 6.07) is 5.48. The van der Waals surface area contributed by atoms with Crippen LogP contribution in [0.5, 0.6) is 0 Å². The smallest absolute Gasteiger partial charge is 0.232 e. The maximum absolute atomic E-state index is 12.6. The number of benzene rings is 1. The molecule has 0 amide bonds. The Balaban J connectivity index is 1.89. The van der Waals surface area contributed by atoms with Gasteiger partial charge in [-0.05, 0) is 62.5 Å². The molecule has 3 rings (SSSR count). The van der Waals surface area contributed by atoms with Crippen LogP contribution in [-0.4, -0.2) is 40.1 Å². The minimum atomic E-state index is -3.25. The number of hydrogen-bond donors (Lipinski definition) is 1. The molecule has 6 heteroatoms. The van der Waals surface area contributed by atoms with E-state index in [1.807, 2.05) is 6.07 Å². The molecule has 2 aliphatic heterocycles. The summed E-state index contributed by atoms with van der Waals surface area (Å²) >= 11 is 0. The number of Topliss-reactive ketones (excluding diaryl/α,β-unsaturated/α-hetero) is 1. The summed E-state index contributed by atoms with van der Waals surface area (Å²) < 4.78 is 25.2. The Hall–Kier alpha value is -1.40. The van der Waals surface area contributed by atoms with Gasteiger partial charge in [-0.1, -0.05) is 0 Å². The van der Waals surface area contributed by atoms with Crippen LogP contribution in [0.4, 0.5) is 5.69 Å². The molecule has 22 heavy (non-hydrogen) atoms. The van der Waals surface area contributed by atoms with Crippen molar-refractivity contribution in [1.29, 1.82) is 0 Å². The highest BCUT2D eigenvalue weighted by Crippen LogP contribution is 2.31.